The molecule has 22 heavy (non-hydrogen) atoms. The van der Waals surface area contributed by atoms with Gasteiger partial charge in [0.1, 0.15) is 0 Å². The van der Waals surface area contributed by atoms with Gasteiger partial charge >= 0.3 is 0 Å². The van der Waals surface area contributed by atoms with Crippen LogP contribution in [0.1, 0.15) is 93.9 Å². The van der Waals surface area contributed by atoms with Crippen molar-refractivity contribution in [3.05, 3.63) is 0 Å². The second-order valence-electron chi connectivity index (χ2n) is 9.28. The Hall–Kier alpha value is -0.0400. The molecule has 0 heterocycles. The first-order valence-electron chi connectivity index (χ1n) is 9.78. The molecule has 0 fully saturated rings. The van der Waals surface area contributed by atoms with Crippen molar-refractivity contribution >= 4 is 0 Å². The van der Waals surface area contributed by atoms with Crippen molar-refractivity contribution in [2.75, 3.05) is 0 Å². The van der Waals surface area contributed by atoms with Gasteiger partial charge in [0.2, 0.25) is 0 Å². The van der Waals surface area contributed by atoms with E-state index in [0.29, 0.717) is 11.8 Å². The number of hydrogen-bond donors (Lipinski definition) is 1. The van der Waals surface area contributed by atoms with Gasteiger partial charge in [-0.15, -0.1) is 0 Å². The van der Waals surface area contributed by atoms with E-state index in [9.17, 15) is 5.11 Å². The van der Waals surface area contributed by atoms with Crippen LogP contribution in [0.25, 0.3) is 0 Å². The van der Waals surface area contributed by atoms with Gasteiger partial charge in [0.25, 0.3) is 0 Å². The molecule has 0 spiro atoms. The molecule has 0 aliphatic heterocycles. The highest BCUT2D eigenvalue weighted by Crippen LogP contribution is 2.26. The molecule has 1 nitrogen and oxygen atoms in total. The largest absolute Gasteiger partial charge is 0.393 e. The molecule has 0 bridgehead atoms. The Bertz CT molecular complexity index is 233. The Morgan fingerprint density at radius 3 is 1.00 bits per heavy atom. The lowest BCUT2D eigenvalue weighted by molar-refractivity contribution is 0.108. The number of aliphatic hydroxyl groups is 1. The standard InChI is InChI=1S/C21H44O/c1-15(2)9-17(5)11-19(7)13-21(22)14-20(8)12-18(6)10-16(3)4/h15-22H,9-14H2,1-8H3. The van der Waals surface area contributed by atoms with Crippen molar-refractivity contribution in [2.45, 2.75) is 100 Å². The van der Waals surface area contributed by atoms with Gasteiger partial charge in [-0.1, -0.05) is 55.4 Å². The van der Waals surface area contributed by atoms with Crippen molar-refractivity contribution in [1.29, 1.82) is 0 Å². The van der Waals surface area contributed by atoms with E-state index in [0.717, 1.165) is 36.5 Å². The first kappa shape index (κ1) is 22.0. The quantitative estimate of drug-likeness (QED) is 0.433. The lowest BCUT2D eigenvalue weighted by Crippen LogP contribution is -2.18. The van der Waals surface area contributed by atoms with Crippen LogP contribution in [0.3, 0.4) is 0 Å². The fourth-order valence-electron chi connectivity index (χ4n) is 4.39. The average molecular weight is 313 g/mol. The predicted molar refractivity (Wildman–Crippen MR) is 100 cm³/mol. The minimum absolute atomic E-state index is 0.109. The molecule has 0 amide bonds. The van der Waals surface area contributed by atoms with E-state index in [4.69, 9.17) is 0 Å². The normalized spacial score (nSPS) is 19.2. The molecule has 0 aliphatic carbocycles. The van der Waals surface area contributed by atoms with Crippen molar-refractivity contribution in [1.82, 2.24) is 0 Å². The molecule has 0 aromatic carbocycles. The SMILES string of the molecule is CC(C)CC(C)CC(C)CC(O)CC(C)CC(C)CC(C)C. The second kappa shape index (κ2) is 11.5. The van der Waals surface area contributed by atoms with E-state index in [1.165, 1.54) is 25.7 Å². The van der Waals surface area contributed by atoms with Crippen LogP contribution in [-0.2, 0) is 0 Å². The van der Waals surface area contributed by atoms with Crippen molar-refractivity contribution in [3.63, 3.8) is 0 Å². The maximum atomic E-state index is 10.4. The molecule has 0 aliphatic rings. The minimum atomic E-state index is -0.109. The monoisotopic (exact) mass is 312 g/mol. The van der Waals surface area contributed by atoms with E-state index in [2.05, 4.69) is 55.4 Å². The van der Waals surface area contributed by atoms with Crippen molar-refractivity contribution in [2.24, 2.45) is 35.5 Å². The molecule has 0 aromatic heterocycles. The fraction of sp³-hybridized carbons (Fsp3) is 1.00. The highest BCUT2D eigenvalue weighted by atomic mass is 16.3. The maximum absolute atomic E-state index is 10.4. The zero-order valence-electron chi connectivity index (χ0n) is 16.7. The zero-order valence-corrected chi connectivity index (χ0v) is 16.7. The van der Waals surface area contributed by atoms with Gasteiger partial charge in [-0.05, 0) is 74.0 Å². The summed E-state index contributed by atoms with van der Waals surface area (Å²) in [4.78, 5) is 0. The first-order valence-corrected chi connectivity index (χ1v) is 9.78. The van der Waals surface area contributed by atoms with Crippen LogP contribution in [0.5, 0.6) is 0 Å². The lowest BCUT2D eigenvalue weighted by Gasteiger charge is -2.24. The molecule has 0 rings (SSSR count). The number of rotatable bonds is 12. The molecule has 0 radical (unpaired) electrons. The summed E-state index contributed by atoms with van der Waals surface area (Å²) >= 11 is 0. The minimum Gasteiger partial charge on any atom is -0.393 e. The van der Waals surface area contributed by atoms with Gasteiger partial charge in [0.15, 0.2) is 0 Å². The summed E-state index contributed by atoms with van der Waals surface area (Å²) < 4.78 is 0. The summed E-state index contributed by atoms with van der Waals surface area (Å²) in [6.07, 6.45) is 6.98. The molecular formula is C21H44O. The highest BCUT2D eigenvalue weighted by molar-refractivity contribution is 4.70. The van der Waals surface area contributed by atoms with Gasteiger partial charge < -0.3 is 5.11 Å². The summed E-state index contributed by atoms with van der Waals surface area (Å²) in [5.74, 6) is 4.42. The Labute approximate surface area is 141 Å². The molecule has 0 aromatic rings. The number of hydrogen-bond acceptors (Lipinski definition) is 1. The van der Waals surface area contributed by atoms with E-state index in [-0.39, 0.29) is 6.10 Å². The Morgan fingerprint density at radius 1 is 0.455 bits per heavy atom. The third-order valence-corrected chi connectivity index (χ3v) is 4.71. The highest BCUT2D eigenvalue weighted by Gasteiger charge is 2.18. The third kappa shape index (κ3) is 12.5. The van der Waals surface area contributed by atoms with Crippen LogP contribution in [-0.4, -0.2) is 11.2 Å². The number of aliphatic hydroxyl groups excluding tert-OH is 1. The molecule has 4 atom stereocenters. The van der Waals surface area contributed by atoms with Crippen molar-refractivity contribution < 1.29 is 5.11 Å². The zero-order chi connectivity index (χ0) is 17.3. The van der Waals surface area contributed by atoms with Crippen LogP contribution < -0.4 is 0 Å². The topological polar surface area (TPSA) is 20.2 Å². The molecule has 0 saturated carbocycles. The molecule has 134 valence electrons. The summed E-state index contributed by atoms with van der Waals surface area (Å²) in [5.41, 5.74) is 0. The van der Waals surface area contributed by atoms with Crippen LogP contribution >= 0.6 is 0 Å². The van der Waals surface area contributed by atoms with Crippen LogP contribution in [0.4, 0.5) is 0 Å². The molecule has 4 unspecified atom stereocenters. The van der Waals surface area contributed by atoms with Crippen molar-refractivity contribution in [3.8, 4) is 0 Å². The predicted octanol–water partition coefficient (Wildman–Crippen LogP) is 6.54. The second-order valence-corrected chi connectivity index (χ2v) is 9.28. The van der Waals surface area contributed by atoms with E-state index in [1.54, 1.807) is 0 Å². The van der Waals surface area contributed by atoms with E-state index < -0.39 is 0 Å². The van der Waals surface area contributed by atoms with Crippen LogP contribution in [0.2, 0.25) is 0 Å². The molecule has 0 saturated heterocycles. The molecular weight excluding hydrogens is 268 g/mol. The van der Waals surface area contributed by atoms with Crippen LogP contribution in [0, 0.1) is 35.5 Å². The summed E-state index contributed by atoms with van der Waals surface area (Å²) in [6.45, 7) is 18.6. The Balaban J connectivity index is 3.98. The van der Waals surface area contributed by atoms with Gasteiger partial charge in [0.05, 0.1) is 6.10 Å². The smallest absolute Gasteiger partial charge is 0.0545 e. The molecule has 1 heteroatoms. The third-order valence-electron chi connectivity index (χ3n) is 4.71. The Kier molecular flexibility index (Phi) is 11.5. The van der Waals surface area contributed by atoms with E-state index >= 15 is 0 Å². The van der Waals surface area contributed by atoms with E-state index in [1.807, 2.05) is 0 Å². The maximum Gasteiger partial charge on any atom is 0.0545 e. The average Bonchev–Trinajstić information content (AvgIpc) is 2.23. The van der Waals surface area contributed by atoms with Gasteiger partial charge in [-0.25, -0.2) is 0 Å². The van der Waals surface area contributed by atoms with Gasteiger partial charge in [0, 0.05) is 0 Å². The first-order chi connectivity index (χ1) is 10.1. The van der Waals surface area contributed by atoms with Crippen LogP contribution in [0.15, 0.2) is 0 Å². The summed E-state index contributed by atoms with van der Waals surface area (Å²) in [6, 6.07) is 0. The summed E-state index contributed by atoms with van der Waals surface area (Å²) in [7, 11) is 0. The summed E-state index contributed by atoms with van der Waals surface area (Å²) in [5, 5.41) is 10.4. The van der Waals surface area contributed by atoms with Gasteiger partial charge in [-0.2, -0.15) is 0 Å². The Morgan fingerprint density at radius 2 is 0.727 bits per heavy atom. The molecule has 1 N–H and O–H groups in total. The van der Waals surface area contributed by atoms with Gasteiger partial charge in [-0.3, -0.25) is 0 Å². The lowest BCUT2D eigenvalue weighted by atomic mass is 9.84. The fourth-order valence-corrected chi connectivity index (χ4v) is 4.39.